The average Bonchev–Trinajstić information content (AvgIpc) is 2.63. The number of hydrogen-bond acceptors (Lipinski definition) is 5. The molecule has 2 aromatic carbocycles. The number of carbonyl (C=O) groups excluding carboxylic acids is 4. The predicted molar refractivity (Wildman–Crippen MR) is 104 cm³/mol. The molecule has 0 bridgehead atoms. The highest BCUT2D eigenvalue weighted by Gasteiger charge is 2.18. The molecule has 0 aliphatic carbocycles. The summed E-state index contributed by atoms with van der Waals surface area (Å²) in [4.78, 5) is 46.2. The van der Waals surface area contributed by atoms with Crippen LogP contribution in [0.15, 0.2) is 48.5 Å². The molecule has 0 saturated carbocycles. The largest absolute Gasteiger partial charge is 0.452 e. The molecule has 0 radical (unpaired) electrons. The van der Waals surface area contributed by atoms with E-state index >= 15 is 0 Å². The van der Waals surface area contributed by atoms with E-state index in [1.54, 1.807) is 24.3 Å². The highest BCUT2D eigenvalue weighted by molar-refractivity contribution is 5.96. The number of nitrogens with two attached hydrogens (primary N) is 1. The van der Waals surface area contributed by atoms with Crippen molar-refractivity contribution in [3.63, 3.8) is 0 Å². The minimum absolute atomic E-state index is 0.00865. The summed E-state index contributed by atoms with van der Waals surface area (Å²) in [5, 5.41) is 5.23. The van der Waals surface area contributed by atoms with E-state index in [0.717, 1.165) is 0 Å². The summed E-state index contributed by atoms with van der Waals surface area (Å²) in [6, 6.07) is 12.8. The monoisotopic (exact) mass is 383 g/mol. The minimum Gasteiger partial charge on any atom is -0.452 e. The Hall–Kier alpha value is -3.68. The molecule has 0 heterocycles. The molecular formula is C20H21N3O5. The van der Waals surface area contributed by atoms with Gasteiger partial charge in [-0.05, 0) is 48.9 Å². The van der Waals surface area contributed by atoms with Crippen molar-refractivity contribution in [1.29, 1.82) is 0 Å². The van der Waals surface area contributed by atoms with Crippen molar-refractivity contribution in [2.75, 3.05) is 10.6 Å². The maximum absolute atomic E-state index is 12.1. The maximum Gasteiger partial charge on any atom is 0.311 e. The summed E-state index contributed by atoms with van der Waals surface area (Å²) < 4.78 is 5.15. The van der Waals surface area contributed by atoms with Crippen molar-refractivity contribution in [3.8, 4) is 0 Å². The molecule has 2 rings (SSSR count). The van der Waals surface area contributed by atoms with Gasteiger partial charge in [0.15, 0.2) is 6.10 Å². The van der Waals surface area contributed by atoms with Crippen molar-refractivity contribution < 1.29 is 23.9 Å². The average molecular weight is 383 g/mol. The topological polar surface area (TPSA) is 128 Å². The third-order valence-corrected chi connectivity index (χ3v) is 3.74. The lowest BCUT2D eigenvalue weighted by Gasteiger charge is -2.14. The number of nitrogens with one attached hydrogen (secondary N) is 2. The van der Waals surface area contributed by atoms with Gasteiger partial charge in [-0.2, -0.15) is 0 Å². The first-order chi connectivity index (χ1) is 13.2. The molecular weight excluding hydrogens is 362 g/mol. The van der Waals surface area contributed by atoms with Gasteiger partial charge in [-0.1, -0.05) is 12.1 Å². The normalized spacial score (nSPS) is 11.2. The van der Waals surface area contributed by atoms with Gasteiger partial charge in [0.25, 0.3) is 5.91 Å². The second-order valence-corrected chi connectivity index (χ2v) is 6.12. The van der Waals surface area contributed by atoms with Crippen molar-refractivity contribution in [2.24, 2.45) is 5.73 Å². The van der Waals surface area contributed by atoms with Crippen molar-refractivity contribution in [3.05, 3.63) is 59.7 Å². The lowest BCUT2D eigenvalue weighted by Crippen LogP contribution is -2.30. The number of primary amides is 1. The maximum atomic E-state index is 12.1. The number of ether oxygens (including phenoxy) is 1. The van der Waals surface area contributed by atoms with Crippen LogP contribution >= 0.6 is 0 Å². The Kier molecular flexibility index (Phi) is 6.86. The van der Waals surface area contributed by atoms with E-state index < -0.39 is 23.9 Å². The lowest BCUT2D eigenvalue weighted by molar-refractivity contribution is -0.152. The molecule has 4 N–H and O–H groups in total. The molecule has 0 aliphatic rings. The number of rotatable bonds is 7. The van der Waals surface area contributed by atoms with Crippen LogP contribution in [0.25, 0.3) is 0 Å². The highest BCUT2D eigenvalue weighted by Crippen LogP contribution is 2.12. The van der Waals surface area contributed by atoms with Gasteiger partial charge in [-0.3, -0.25) is 19.2 Å². The number of amides is 3. The molecule has 2 aromatic rings. The number of hydrogen-bond donors (Lipinski definition) is 3. The van der Waals surface area contributed by atoms with Gasteiger partial charge in [0.05, 0.1) is 6.42 Å². The fraction of sp³-hybridized carbons (Fsp3) is 0.200. The van der Waals surface area contributed by atoms with Gasteiger partial charge in [0.2, 0.25) is 11.8 Å². The molecule has 1 atom stereocenters. The van der Waals surface area contributed by atoms with Gasteiger partial charge in [0.1, 0.15) is 0 Å². The zero-order chi connectivity index (χ0) is 20.7. The van der Waals surface area contributed by atoms with E-state index in [1.807, 2.05) is 0 Å². The third-order valence-electron chi connectivity index (χ3n) is 3.74. The van der Waals surface area contributed by atoms with Gasteiger partial charge in [-0.25, -0.2) is 0 Å². The lowest BCUT2D eigenvalue weighted by atomic mass is 10.1. The molecule has 8 nitrogen and oxygen atoms in total. The first-order valence-corrected chi connectivity index (χ1v) is 8.51. The summed E-state index contributed by atoms with van der Waals surface area (Å²) in [5.41, 5.74) is 7.24. The van der Waals surface area contributed by atoms with Crippen LogP contribution < -0.4 is 16.4 Å². The standard InChI is InChI=1S/C20H21N3O5/c1-12(20(27)23-17-9-5-15(6-10-17)19(21)26)28-18(25)11-14-3-7-16(8-4-14)22-13(2)24/h3-10,12H,11H2,1-2H3,(H2,21,26)(H,22,24)(H,23,27)/t12-/m0/s1. The van der Waals surface area contributed by atoms with Gasteiger partial charge in [-0.15, -0.1) is 0 Å². The van der Waals surface area contributed by atoms with Gasteiger partial charge >= 0.3 is 5.97 Å². The summed E-state index contributed by atoms with van der Waals surface area (Å²) in [5.74, 6) is -1.80. The molecule has 0 fully saturated rings. The molecule has 8 heteroatoms. The summed E-state index contributed by atoms with van der Waals surface area (Å²) >= 11 is 0. The quantitative estimate of drug-likeness (QED) is 0.629. The van der Waals surface area contributed by atoms with Gasteiger partial charge < -0.3 is 21.1 Å². The number of carbonyl (C=O) groups is 4. The smallest absolute Gasteiger partial charge is 0.311 e. The summed E-state index contributed by atoms with van der Waals surface area (Å²) in [6.45, 7) is 2.87. The molecule has 0 aromatic heterocycles. The first-order valence-electron chi connectivity index (χ1n) is 8.51. The zero-order valence-electron chi connectivity index (χ0n) is 15.5. The second kappa shape index (κ2) is 9.31. The van der Waals surface area contributed by atoms with Crippen LogP contribution in [0.3, 0.4) is 0 Å². The predicted octanol–water partition coefficient (Wildman–Crippen LogP) is 1.86. The molecule has 0 unspecified atom stereocenters. The SMILES string of the molecule is CC(=O)Nc1ccc(CC(=O)O[C@@H](C)C(=O)Nc2ccc(C(N)=O)cc2)cc1. The van der Waals surface area contributed by atoms with Crippen LogP contribution in [0, 0.1) is 0 Å². The van der Waals surface area contributed by atoms with Crippen LogP contribution in [-0.4, -0.2) is 29.8 Å². The van der Waals surface area contributed by atoms with Crippen LogP contribution in [-0.2, 0) is 25.5 Å². The van der Waals surface area contributed by atoms with Crippen molar-refractivity contribution >= 4 is 35.1 Å². The fourth-order valence-corrected chi connectivity index (χ4v) is 2.33. The molecule has 0 saturated heterocycles. The first kappa shape index (κ1) is 20.6. The Labute approximate surface area is 162 Å². The van der Waals surface area contributed by atoms with Crippen LogP contribution in [0.2, 0.25) is 0 Å². The molecule has 0 spiro atoms. The Morgan fingerprint density at radius 3 is 2.00 bits per heavy atom. The third kappa shape index (κ3) is 6.24. The molecule has 0 aliphatic heterocycles. The van der Waals surface area contributed by atoms with E-state index in [0.29, 0.717) is 22.5 Å². The Bertz CT molecular complexity index is 876. The molecule has 28 heavy (non-hydrogen) atoms. The van der Waals surface area contributed by atoms with Gasteiger partial charge in [0, 0.05) is 23.9 Å². The van der Waals surface area contributed by atoms with Crippen molar-refractivity contribution in [2.45, 2.75) is 26.4 Å². The van der Waals surface area contributed by atoms with E-state index in [9.17, 15) is 19.2 Å². The van der Waals surface area contributed by atoms with Crippen LogP contribution in [0.1, 0.15) is 29.8 Å². The van der Waals surface area contributed by atoms with Crippen LogP contribution in [0.5, 0.6) is 0 Å². The number of benzene rings is 2. The number of esters is 1. The molecule has 146 valence electrons. The van der Waals surface area contributed by atoms with E-state index in [2.05, 4.69) is 10.6 Å². The zero-order valence-corrected chi connectivity index (χ0v) is 15.5. The molecule has 3 amide bonds. The van der Waals surface area contributed by atoms with E-state index in [-0.39, 0.29) is 12.3 Å². The minimum atomic E-state index is -0.998. The highest BCUT2D eigenvalue weighted by atomic mass is 16.5. The number of anilines is 2. The fourth-order valence-electron chi connectivity index (χ4n) is 2.33. The summed E-state index contributed by atoms with van der Waals surface area (Å²) in [6.07, 6.45) is -1.01. The Balaban J connectivity index is 1.86. The van der Waals surface area contributed by atoms with E-state index in [4.69, 9.17) is 10.5 Å². The van der Waals surface area contributed by atoms with Crippen molar-refractivity contribution in [1.82, 2.24) is 0 Å². The summed E-state index contributed by atoms with van der Waals surface area (Å²) in [7, 11) is 0. The van der Waals surface area contributed by atoms with Crippen LogP contribution in [0.4, 0.5) is 11.4 Å². The van der Waals surface area contributed by atoms with E-state index in [1.165, 1.54) is 38.1 Å². The second-order valence-electron chi connectivity index (χ2n) is 6.12. The Morgan fingerprint density at radius 2 is 1.46 bits per heavy atom. The Morgan fingerprint density at radius 1 is 0.929 bits per heavy atom.